The Morgan fingerprint density at radius 3 is 2.50 bits per heavy atom. The molecule has 2 amide bonds. The van der Waals surface area contributed by atoms with Gasteiger partial charge in [0.2, 0.25) is 11.8 Å². The van der Waals surface area contributed by atoms with Crippen LogP contribution >= 0.6 is 0 Å². The molecule has 1 aromatic carbocycles. The van der Waals surface area contributed by atoms with E-state index in [1.807, 2.05) is 30.3 Å². The summed E-state index contributed by atoms with van der Waals surface area (Å²) in [4.78, 5) is 26.8. The van der Waals surface area contributed by atoms with Crippen LogP contribution in [0.25, 0.3) is 0 Å². The Hall–Kier alpha value is -1.84. The smallest absolute Gasteiger partial charge is 0.249 e. The Morgan fingerprint density at radius 2 is 1.85 bits per heavy atom. The van der Waals surface area contributed by atoms with Gasteiger partial charge in [-0.1, -0.05) is 43.2 Å². The molecule has 1 saturated carbocycles. The Kier molecular flexibility index (Phi) is 3.24. The van der Waals surface area contributed by atoms with Gasteiger partial charge >= 0.3 is 0 Å². The minimum atomic E-state index is -0.627. The molecule has 2 aliphatic rings. The van der Waals surface area contributed by atoms with Crippen LogP contribution in [0.1, 0.15) is 38.2 Å². The molecule has 0 bridgehead atoms. The lowest BCUT2D eigenvalue weighted by molar-refractivity contribution is -0.154. The van der Waals surface area contributed by atoms with Crippen LogP contribution < -0.4 is 5.32 Å². The molecule has 4 heteroatoms. The number of hydrogen-bond donors (Lipinski definition) is 1. The number of rotatable bonds is 2. The Balaban J connectivity index is 1.87. The Labute approximate surface area is 119 Å². The quantitative estimate of drug-likeness (QED) is 0.893. The molecule has 1 aliphatic heterocycles. The lowest BCUT2D eigenvalue weighted by Gasteiger charge is -2.43. The zero-order valence-corrected chi connectivity index (χ0v) is 11.8. The molecule has 2 fully saturated rings. The van der Waals surface area contributed by atoms with Crippen molar-refractivity contribution < 1.29 is 9.59 Å². The molecule has 3 rings (SSSR count). The van der Waals surface area contributed by atoms with E-state index in [-0.39, 0.29) is 11.8 Å². The molecule has 20 heavy (non-hydrogen) atoms. The van der Waals surface area contributed by atoms with Crippen LogP contribution in [0.5, 0.6) is 0 Å². The number of hydrogen-bond acceptors (Lipinski definition) is 2. The van der Waals surface area contributed by atoms with Crippen molar-refractivity contribution in [3.05, 3.63) is 35.9 Å². The second kappa shape index (κ2) is 4.93. The van der Waals surface area contributed by atoms with E-state index in [1.54, 1.807) is 11.8 Å². The Morgan fingerprint density at radius 1 is 1.20 bits per heavy atom. The molecule has 1 spiro atoms. The highest BCUT2D eigenvalue weighted by Gasteiger charge is 2.50. The fourth-order valence-corrected chi connectivity index (χ4v) is 3.29. The summed E-state index contributed by atoms with van der Waals surface area (Å²) in [5.41, 5.74) is 0.439. The third-order valence-electron chi connectivity index (χ3n) is 4.53. The van der Waals surface area contributed by atoms with Gasteiger partial charge in [-0.05, 0) is 25.3 Å². The maximum Gasteiger partial charge on any atom is 0.249 e. The summed E-state index contributed by atoms with van der Waals surface area (Å²) in [5, 5.41) is 2.98. The average molecular weight is 272 g/mol. The summed E-state index contributed by atoms with van der Waals surface area (Å²) >= 11 is 0. The lowest BCUT2D eigenvalue weighted by atomic mass is 9.90. The summed E-state index contributed by atoms with van der Waals surface area (Å²) in [6.07, 6.45) is 3.57. The molecule has 1 atom stereocenters. The Bertz CT molecular complexity index is 521. The fourth-order valence-electron chi connectivity index (χ4n) is 3.29. The van der Waals surface area contributed by atoms with Crippen LogP contribution in [-0.4, -0.2) is 28.3 Å². The van der Waals surface area contributed by atoms with Crippen molar-refractivity contribution in [2.45, 2.75) is 50.7 Å². The van der Waals surface area contributed by atoms with Crippen molar-refractivity contribution in [2.75, 3.05) is 0 Å². The number of benzene rings is 1. The maximum atomic E-state index is 12.8. The van der Waals surface area contributed by atoms with Gasteiger partial charge in [-0.15, -0.1) is 0 Å². The number of nitrogens with one attached hydrogen (secondary N) is 1. The molecule has 4 nitrogen and oxygen atoms in total. The predicted molar refractivity (Wildman–Crippen MR) is 75.8 cm³/mol. The van der Waals surface area contributed by atoms with Gasteiger partial charge in [0.25, 0.3) is 0 Å². The summed E-state index contributed by atoms with van der Waals surface area (Å²) in [6.45, 7) is 2.31. The third-order valence-corrected chi connectivity index (χ3v) is 4.53. The van der Waals surface area contributed by atoms with Crippen molar-refractivity contribution in [1.82, 2.24) is 10.2 Å². The zero-order chi connectivity index (χ0) is 14.2. The second-order valence-electron chi connectivity index (χ2n) is 5.87. The van der Waals surface area contributed by atoms with Crippen molar-refractivity contribution in [3.63, 3.8) is 0 Å². The molecular weight excluding hydrogens is 252 g/mol. The van der Waals surface area contributed by atoms with E-state index in [4.69, 9.17) is 0 Å². The van der Waals surface area contributed by atoms with Gasteiger partial charge in [0.1, 0.15) is 11.6 Å². The van der Waals surface area contributed by atoms with E-state index in [0.717, 1.165) is 31.2 Å². The first-order valence-corrected chi connectivity index (χ1v) is 7.29. The molecular formula is C16H20N2O2. The van der Waals surface area contributed by atoms with Gasteiger partial charge in [-0.3, -0.25) is 9.59 Å². The second-order valence-corrected chi connectivity index (χ2v) is 5.87. The van der Waals surface area contributed by atoms with Crippen LogP contribution in [0.2, 0.25) is 0 Å². The van der Waals surface area contributed by atoms with Gasteiger partial charge in [0.15, 0.2) is 0 Å². The van der Waals surface area contributed by atoms with Crippen molar-refractivity contribution in [2.24, 2.45) is 0 Å². The molecule has 0 aromatic heterocycles. The number of piperazine rings is 1. The van der Waals surface area contributed by atoms with Crippen LogP contribution in [0, 0.1) is 0 Å². The van der Waals surface area contributed by atoms with Gasteiger partial charge in [0, 0.05) is 6.54 Å². The van der Waals surface area contributed by atoms with Gasteiger partial charge in [0.05, 0.1) is 0 Å². The minimum absolute atomic E-state index is 0.0255. The topological polar surface area (TPSA) is 49.4 Å². The number of amides is 2. The van der Waals surface area contributed by atoms with Gasteiger partial charge < -0.3 is 10.2 Å². The fraction of sp³-hybridized carbons (Fsp3) is 0.500. The molecule has 1 aliphatic carbocycles. The molecule has 1 N–H and O–H groups in total. The van der Waals surface area contributed by atoms with Crippen molar-refractivity contribution >= 4 is 11.8 Å². The summed E-state index contributed by atoms with van der Waals surface area (Å²) in [7, 11) is 0. The maximum absolute atomic E-state index is 12.8. The third kappa shape index (κ3) is 2.09. The monoisotopic (exact) mass is 272 g/mol. The minimum Gasteiger partial charge on any atom is -0.340 e. The first-order chi connectivity index (χ1) is 9.62. The van der Waals surface area contributed by atoms with Crippen molar-refractivity contribution in [1.29, 1.82) is 0 Å². The van der Waals surface area contributed by atoms with Crippen LogP contribution in [0.3, 0.4) is 0 Å². The van der Waals surface area contributed by atoms with Crippen LogP contribution in [0.15, 0.2) is 30.3 Å². The summed E-state index contributed by atoms with van der Waals surface area (Å²) < 4.78 is 0. The van der Waals surface area contributed by atoms with E-state index >= 15 is 0 Å². The van der Waals surface area contributed by atoms with Gasteiger partial charge in [-0.2, -0.15) is 0 Å². The SMILES string of the molecule is CC1C(=O)NC2(CCCC2)C(=O)N1Cc1ccccc1. The van der Waals surface area contributed by atoms with Crippen molar-refractivity contribution in [3.8, 4) is 0 Å². The predicted octanol–water partition coefficient (Wildman–Crippen LogP) is 1.85. The highest BCUT2D eigenvalue weighted by atomic mass is 16.2. The van der Waals surface area contributed by atoms with E-state index in [2.05, 4.69) is 5.32 Å². The molecule has 0 radical (unpaired) electrons. The standard InChI is InChI=1S/C16H20N2O2/c1-12-14(19)17-16(9-5-6-10-16)15(20)18(12)11-13-7-3-2-4-8-13/h2-4,7-8,12H,5-6,9-11H2,1H3,(H,17,19). The van der Waals surface area contributed by atoms with E-state index in [1.165, 1.54) is 0 Å². The summed E-state index contributed by atoms with van der Waals surface area (Å²) in [5.74, 6) is 0.0633. The highest BCUT2D eigenvalue weighted by molar-refractivity contribution is 5.99. The molecule has 1 heterocycles. The van der Waals surface area contributed by atoms with E-state index < -0.39 is 11.6 Å². The summed E-state index contributed by atoms with van der Waals surface area (Å²) in [6, 6.07) is 9.46. The number of carbonyl (C=O) groups excluding carboxylic acids is 2. The van der Waals surface area contributed by atoms with Gasteiger partial charge in [-0.25, -0.2) is 0 Å². The normalized spacial score (nSPS) is 25.1. The average Bonchev–Trinajstić information content (AvgIpc) is 2.92. The number of nitrogens with zero attached hydrogens (tertiary/aromatic N) is 1. The zero-order valence-electron chi connectivity index (χ0n) is 11.8. The van der Waals surface area contributed by atoms with Crippen LogP contribution in [-0.2, 0) is 16.1 Å². The molecule has 1 aromatic rings. The highest BCUT2D eigenvalue weighted by Crippen LogP contribution is 2.35. The van der Waals surface area contributed by atoms with E-state index in [0.29, 0.717) is 6.54 Å². The molecule has 1 unspecified atom stereocenters. The largest absolute Gasteiger partial charge is 0.340 e. The molecule has 106 valence electrons. The number of carbonyl (C=O) groups is 2. The van der Waals surface area contributed by atoms with E-state index in [9.17, 15) is 9.59 Å². The lowest BCUT2D eigenvalue weighted by Crippen LogP contribution is -2.68. The first kappa shape index (κ1) is 13.2. The first-order valence-electron chi connectivity index (χ1n) is 7.29. The molecule has 1 saturated heterocycles. The van der Waals surface area contributed by atoms with Crippen LogP contribution in [0.4, 0.5) is 0 Å².